The quantitative estimate of drug-likeness (QED) is 0.649. The first kappa shape index (κ1) is 16.7. The standard InChI is InChI=1S/C12H25NO3S/c1-6-13-12(5,11(15)16-7-2)8-17-10(4)9(3)14/h9-10,13-14H,6-8H2,1-5H3. The number of hydrogen-bond donors (Lipinski definition) is 2. The van der Waals surface area contributed by atoms with Crippen LogP contribution in [0.2, 0.25) is 0 Å². The Kier molecular flexibility index (Phi) is 7.83. The fourth-order valence-corrected chi connectivity index (χ4v) is 2.39. The van der Waals surface area contributed by atoms with E-state index < -0.39 is 5.54 Å². The average Bonchev–Trinajstić information content (AvgIpc) is 2.26. The Morgan fingerprint density at radius 3 is 2.47 bits per heavy atom. The largest absolute Gasteiger partial charge is 0.465 e. The van der Waals surface area contributed by atoms with Crippen LogP contribution in [-0.2, 0) is 9.53 Å². The molecule has 0 aliphatic carbocycles. The lowest BCUT2D eigenvalue weighted by Gasteiger charge is -2.29. The normalized spacial score (nSPS) is 18.2. The molecule has 0 amide bonds. The van der Waals surface area contributed by atoms with E-state index in [1.165, 1.54) is 0 Å². The lowest BCUT2D eigenvalue weighted by molar-refractivity contribution is -0.149. The van der Waals surface area contributed by atoms with Crippen LogP contribution in [0, 0.1) is 0 Å². The highest BCUT2D eigenvalue weighted by molar-refractivity contribution is 8.00. The molecule has 2 N–H and O–H groups in total. The first-order valence-corrected chi connectivity index (χ1v) is 7.14. The lowest BCUT2D eigenvalue weighted by atomic mass is 10.1. The SMILES string of the molecule is CCNC(C)(CSC(C)C(C)O)C(=O)OCC. The van der Waals surface area contributed by atoms with Gasteiger partial charge in [-0.05, 0) is 27.3 Å². The van der Waals surface area contributed by atoms with Gasteiger partial charge in [-0.1, -0.05) is 13.8 Å². The van der Waals surface area contributed by atoms with Crippen molar-refractivity contribution >= 4 is 17.7 Å². The van der Waals surface area contributed by atoms with Gasteiger partial charge in [0, 0.05) is 11.0 Å². The zero-order valence-electron chi connectivity index (χ0n) is 11.4. The zero-order valence-corrected chi connectivity index (χ0v) is 12.3. The van der Waals surface area contributed by atoms with Crippen LogP contribution in [-0.4, -0.2) is 46.9 Å². The van der Waals surface area contributed by atoms with E-state index in [4.69, 9.17) is 4.74 Å². The molecule has 5 heteroatoms. The molecule has 0 aliphatic rings. The molecule has 0 saturated carbocycles. The molecule has 0 saturated heterocycles. The maximum atomic E-state index is 11.9. The Hall–Kier alpha value is -0.260. The van der Waals surface area contributed by atoms with Gasteiger partial charge in [-0.25, -0.2) is 0 Å². The maximum Gasteiger partial charge on any atom is 0.326 e. The number of ether oxygens (including phenoxy) is 1. The Bertz CT molecular complexity index is 236. The summed E-state index contributed by atoms with van der Waals surface area (Å²) in [5.74, 6) is 0.360. The highest BCUT2D eigenvalue weighted by Gasteiger charge is 2.34. The van der Waals surface area contributed by atoms with Crippen LogP contribution in [0.1, 0.15) is 34.6 Å². The number of likely N-dealkylation sites (N-methyl/N-ethyl adjacent to an activating group) is 1. The summed E-state index contributed by atoms with van der Waals surface area (Å²) >= 11 is 1.57. The number of esters is 1. The number of rotatable bonds is 8. The fraction of sp³-hybridized carbons (Fsp3) is 0.917. The summed E-state index contributed by atoms with van der Waals surface area (Å²) < 4.78 is 5.08. The fourth-order valence-electron chi connectivity index (χ4n) is 1.30. The topological polar surface area (TPSA) is 58.6 Å². The molecule has 0 radical (unpaired) electrons. The summed E-state index contributed by atoms with van der Waals surface area (Å²) in [5.41, 5.74) is -0.682. The van der Waals surface area contributed by atoms with Crippen molar-refractivity contribution in [2.24, 2.45) is 0 Å². The number of hydrogen-bond acceptors (Lipinski definition) is 5. The van der Waals surface area contributed by atoms with Crippen LogP contribution in [0.4, 0.5) is 0 Å². The predicted molar refractivity (Wildman–Crippen MR) is 72.3 cm³/mol. The van der Waals surface area contributed by atoms with Crippen molar-refractivity contribution in [1.29, 1.82) is 0 Å². The highest BCUT2D eigenvalue weighted by atomic mass is 32.2. The van der Waals surface area contributed by atoms with E-state index in [-0.39, 0.29) is 17.3 Å². The molecule has 0 aromatic heterocycles. The van der Waals surface area contributed by atoms with Crippen molar-refractivity contribution in [2.75, 3.05) is 18.9 Å². The van der Waals surface area contributed by atoms with Crippen LogP contribution >= 0.6 is 11.8 Å². The molecule has 3 unspecified atom stereocenters. The molecule has 4 nitrogen and oxygen atoms in total. The van der Waals surface area contributed by atoms with Crippen molar-refractivity contribution in [3.8, 4) is 0 Å². The molecule has 0 rings (SSSR count). The highest BCUT2D eigenvalue weighted by Crippen LogP contribution is 2.21. The van der Waals surface area contributed by atoms with E-state index in [0.29, 0.717) is 18.9 Å². The van der Waals surface area contributed by atoms with Gasteiger partial charge in [-0.3, -0.25) is 4.79 Å². The summed E-state index contributed by atoms with van der Waals surface area (Å²) in [6.45, 7) is 10.4. The minimum Gasteiger partial charge on any atom is -0.465 e. The van der Waals surface area contributed by atoms with Crippen LogP contribution in [0.3, 0.4) is 0 Å². The number of aliphatic hydroxyl groups excluding tert-OH is 1. The Balaban J connectivity index is 4.45. The van der Waals surface area contributed by atoms with E-state index in [2.05, 4.69) is 5.32 Å². The van der Waals surface area contributed by atoms with E-state index in [1.54, 1.807) is 25.6 Å². The van der Waals surface area contributed by atoms with Crippen molar-refractivity contribution in [3.63, 3.8) is 0 Å². The summed E-state index contributed by atoms with van der Waals surface area (Å²) in [7, 11) is 0. The number of carbonyl (C=O) groups is 1. The number of nitrogens with one attached hydrogen (secondary N) is 1. The van der Waals surface area contributed by atoms with Gasteiger partial charge >= 0.3 is 5.97 Å². The van der Waals surface area contributed by atoms with Gasteiger partial charge in [-0.15, -0.1) is 0 Å². The van der Waals surface area contributed by atoms with Gasteiger partial charge in [0.05, 0.1) is 12.7 Å². The Labute approximate surface area is 108 Å². The van der Waals surface area contributed by atoms with E-state index in [1.807, 2.05) is 20.8 Å². The van der Waals surface area contributed by atoms with Crippen LogP contribution in [0.5, 0.6) is 0 Å². The summed E-state index contributed by atoms with van der Waals surface area (Å²) in [5, 5.41) is 12.7. The van der Waals surface area contributed by atoms with E-state index in [9.17, 15) is 9.90 Å². The molecule has 102 valence electrons. The molecule has 0 aromatic carbocycles. The van der Waals surface area contributed by atoms with Crippen LogP contribution in [0.25, 0.3) is 0 Å². The molecule has 0 aromatic rings. The molecular formula is C12H25NO3S. The van der Waals surface area contributed by atoms with Crippen LogP contribution < -0.4 is 5.32 Å². The third kappa shape index (κ3) is 5.75. The van der Waals surface area contributed by atoms with Crippen molar-refractivity contribution in [2.45, 2.75) is 51.5 Å². The monoisotopic (exact) mass is 263 g/mol. The molecule has 0 bridgehead atoms. The first-order chi connectivity index (χ1) is 7.87. The predicted octanol–water partition coefficient (Wildman–Crippen LogP) is 1.42. The van der Waals surface area contributed by atoms with Crippen molar-refractivity contribution in [3.05, 3.63) is 0 Å². The van der Waals surface area contributed by atoms with Crippen molar-refractivity contribution in [1.82, 2.24) is 5.32 Å². The van der Waals surface area contributed by atoms with Gasteiger partial charge < -0.3 is 15.2 Å². The van der Waals surface area contributed by atoms with Gasteiger partial charge in [-0.2, -0.15) is 11.8 Å². The van der Waals surface area contributed by atoms with Gasteiger partial charge in [0.25, 0.3) is 0 Å². The van der Waals surface area contributed by atoms with Gasteiger partial charge in [0.15, 0.2) is 0 Å². The number of thioether (sulfide) groups is 1. The molecule has 0 aliphatic heterocycles. The smallest absolute Gasteiger partial charge is 0.326 e. The minimum atomic E-state index is -0.682. The number of carbonyl (C=O) groups excluding carboxylic acids is 1. The molecule has 0 fully saturated rings. The van der Waals surface area contributed by atoms with E-state index in [0.717, 1.165) is 0 Å². The van der Waals surface area contributed by atoms with Crippen LogP contribution in [0.15, 0.2) is 0 Å². The molecule has 17 heavy (non-hydrogen) atoms. The number of aliphatic hydroxyl groups is 1. The van der Waals surface area contributed by atoms with Crippen molar-refractivity contribution < 1.29 is 14.6 Å². The third-order valence-electron chi connectivity index (χ3n) is 2.61. The molecule has 0 heterocycles. The maximum absolute atomic E-state index is 11.9. The third-order valence-corrected chi connectivity index (χ3v) is 4.27. The molecule has 0 spiro atoms. The molecular weight excluding hydrogens is 238 g/mol. The first-order valence-electron chi connectivity index (χ1n) is 6.09. The van der Waals surface area contributed by atoms with Gasteiger partial charge in [0.1, 0.15) is 5.54 Å². The second-order valence-electron chi connectivity index (χ2n) is 4.34. The zero-order chi connectivity index (χ0) is 13.5. The summed E-state index contributed by atoms with van der Waals surface area (Å²) in [6, 6.07) is 0. The Morgan fingerprint density at radius 1 is 1.47 bits per heavy atom. The minimum absolute atomic E-state index is 0.0995. The second kappa shape index (κ2) is 7.95. The Morgan fingerprint density at radius 2 is 2.06 bits per heavy atom. The summed E-state index contributed by atoms with van der Waals surface area (Å²) in [6.07, 6.45) is -0.381. The van der Waals surface area contributed by atoms with Gasteiger partial charge in [0.2, 0.25) is 0 Å². The average molecular weight is 263 g/mol. The summed E-state index contributed by atoms with van der Waals surface area (Å²) in [4.78, 5) is 11.9. The lowest BCUT2D eigenvalue weighted by Crippen LogP contribution is -2.53. The second-order valence-corrected chi connectivity index (χ2v) is 5.71. The van der Waals surface area contributed by atoms with E-state index >= 15 is 0 Å². The molecule has 3 atom stereocenters.